The monoisotopic (exact) mass is 460 g/mol. The molecule has 0 saturated carbocycles. The van der Waals surface area contributed by atoms with E-state index in [4.69, 9.17) is 0 Å². The van der Waals surface area contributed by atoms with Crippen LogP contribution in [0.1, 0.15) is 54.4 Å². The van der Waals surface area contributed by atoms with E-state index in [0.717, 1.165) is 0 Å². The van der Waals surface area contributed by atoms with Gasteiger partial charge >= 0.3 is 12.0 Å². The van der Waals surface area contributed by atoms with Gasteiger partial charge in [-0.2, -0.15) is 0 Å². The zero-order chi connectivity index (χ0) is 24.9. The van der Waals surface area contributed by atoms with E-state index < -0.39 is 36.0 Å². The third-order valence-electron chi connectivity index (χ3n) is 5.46. The molecule has 1 aliphatic rings. The van der Waals surface area contributed by atoms with Crippen molar-refractivity contribution >= 4 is 35.2 Å². The van der Waals surface area contributed by atoms with Crippen LogP contribution in [-0.2, 0) is 14.4 Å². The molecule has 0 unspecified atom stereocenters. The van der Waals surface area contributed by atoms with Crippen LogP contribution >= 0.6 is 0 Å². The third kappa shape index (κ3) is 6.69. The van der Waals surface area contributed by atoms with Crippen LogP contribution in [0.4, 0.5) is 16.2 Å². The van der Waals surface area contributed by atoms with E-state index in [1.807, 2.05) is 41.5 Å². The van der Waals surface area contributed by atoms with Gasteiger partial charge in [0.1, 0.15) is 18.1 Å². The smallest absolute Gasteiger partial charge is 0.326 e. The summed E-state index contributed by atoms with van der Waals surface area (Å²) in [7, 11) is 0. The molecule has 9 nitrogen and oxygen atoms in total. The van der Waals surface area contributed by atoms with Gasteiger partial charge < -0.3 is 21.1 Å². The van der Waals surface area contributed by atoms with Crippen molar-refractivity contribution in [3.63, 3.8) is 0 Å². The Bertz CT molecular complexity index is 883. The Kier molecular flexibility index (Phi) is 8.84. The number of hydrogen-bond acceptors (Lipinski definition) is 4. The number of anilines is 2. The van der Waals surface area contributed by atoms with Crippen molar-refractivity contribution in [1.29, 1.82) is 0 Å². The van der Waals surface area contributed by atoms with Crippen LogP contribution in [0.2, 0.25) is 0 Å². The van der Waals surface area contributed by atoms with E-state index in [1.54, 1.807) is 24.3 Å². The topological polar surface area (TPSA) is 128 Å². The first-order valence-electron chi connectivity index (χ1n) is 11.4. The first-order valence-corrected chi connectivity index (χ1v) is 11.4. The number of aliphatic carboxylic acids is 1. The van der Waals surface area contributed by atoms with Crippen LogP contribution in [0, 0.1) is 17.8 Å². The molecule has 0 spiro atoms. The van der Waals surface area contributed by atoms with E-state index in [1.165, 1.54) is 4.90 Å². The van der Waals surface area contributed by atoms with Crippen LogP contribution in [0.3, 0.4) is 0 Å². The van der Waals surface area contributed by atoms with Crippen LogP contribution in [0.15, 0.2) is 24.3 Å². The number of rotatable bonds is 9. The maximum Gasteiger partial charge on any atom is 0.326 e. The number of nitrogens with one attached hydrogen (secondary N) is 3. The highest BCUT2D eigenvalue weighted by Gasteiger charge is 2.40. The molecule has 1 heterocycles. The lowest BCUT2D eigenvalue weighted by Crippen LogP contribution is -2.60. The second kappa shape index (κ2) is 11.2. The molecule has 3 atom stereocenters. The Balaban J connectivity index is 2.32. The second-order valence-electron chi connectivity index (χ2n) is 9.73. The molecule has 1 aliphatic heterocycles. The van der Waals surface area contributed by atoms with Crippen LogP contribution < -0.4 is 20.9 Å². The van der Waals surface area contributed by atoms with E-state index in [9.17, 15) is 24.3 Å². The molecule has 2 rings (SSSR count). The molecule has 0 bridgehead atoms. The number of para-hydroxylation sites is 2. The average Bonchev–Trinajstić information content (AvgIpc) is 2.70. The maximum atomic E-state index is 13.5. The fourth-order valence-electron chi connectivity index (χ4n) is 3.99. The zero-order valence-electron chi connectivity index (χ0n) is 20.2. The van der Waals surface area contributed by atoms with Gasteiger partial charge in [0.15, 0.2) is 0 Å². The number of carbonyl (C=O) groups is 4. The fourth-order valence-corrected chi connectivity index (χ4v) is 3.99. The van der Waals surface area contributed by atoms with Crippen molar-refractivity contribution in [3.05, 3.63) is 24.3 Å². The van der Waals surface area contributed by atoms with Gasteiger partial charge in [-0.1, -0.05) is 53.7 Å². The van der Waals surface area contributed by atoms with Gasteiger partial charge in [0.25, 0.3) is 0 Å². The lowest BCUT2D eigenvalue weighted by atomic mass is 9.97. The number of amides is 4. The molecule has 4 N–H and O–H groups in total. The summed E-state index contributed by atoms with van der Waals surface area (Å²) >= 11 is 0. The molecule has 1 aromatic rings. The number of hydrogen-bond donors (Lipinski definition) is 4. The van der Waals surface area contributed by atoms with Gasteiger partial charge in [0.05, 0.1) is 11.4 Å². The van der Waals surface area contributed by atoms with Crippen molar-refractivity contribution in [2.75, 3.05) is 10.2 Å². The Hall–Kier alpha value is -3.10. The number of carboxylic acid groups (broad SMARTS) is 1. The summed E-state index contributed by atoms with van der Waals surface area (Å²) in [6.45, 7) is 11.3. The normalized spacial score (nSPS) is 17.4. The molecule has 0 radical (unpaired) electrons. The summed E-state index contributed by atoms with van der Waals surface area (Å²) in [5.41, 5.74) is 1.06. The summed E-state index contributed by atoms with van der Waals surface area (Å²) in [6.07, 6.45) is 0.595. The standard InChI is InChI=1S/C24H36N4O5/c1-13(2)11-17(21(29)26-18(23(31)32)12-14(3)4)27-24(33)28-19-10-8-7-9-16(19)25-22(30)20(28)15(5)6/h7-10,13-15,17-18,20H,11-12H2,1-6H3,(H,25,30)(H,26,29)(H,27,33)(H,31,32)/t17-,18+,20-/m0/s1. The molecule has 0 aliphatic carbocycles. The molecule has 0 aromatic heterocycles. The van der Waals surface area contributed by atoms with Crippen molar-refractivity contribution in [2.45, 2.75) is 72.5 Å². The highest BCUT2D eigenvalue weighted by molar-refractivity contribution is 6.12. The first-order chi connectivity index (χ1) is 15.4. The van der Waals surface area contributed by atoms with Crippen LogP contribution in [-0.4, -0.2) is 47.0 Å². The van der Waals surface area contributed by atoms with Gasteiger partial charge in [-0.05, 0) is 42.7 Å². The second-order valence-corrected chi connectivity index (χ2v) is 9.73. The molecule has 0 fully saturated rings. The predicted octanol–water partition coefficient (Wildman–Crippen LogP) is 3.21. The van der Waals surface area contributed by atoms with Crippen molar-refractivity contribution in [2.24, 2.45) is 17.8 Å². The largest absolute Gasteiger partial charge is 0.480 e. The van der Waals surface area contributed by atoms with Gasteiger partial charge in [0, 0.05) is 0 Å². The van der Waals surface area contributed by atoms with Crippen molar-refractivity contribution < 1.29 is 24.3 Å². The Morgan fingerprint density at radius 3 is 2.09 bits per heavy atom. The van der Waals surface area contributed by atoms with Gasteiger partial charge in [-0.25, -0.2) is 9.59 Å². The van der Waals surface area contributed by atoms with E-state index >= 15 is 0 Å². The molecular formula is C24H36N4O5. The maximum absolute atomic E-state index is 13.5. The predicted molar refractivity (Wildman–Crippen MR) is 127 cm³/mol. The molecule has 9 heteroatoms. The molecule has 1 aromatic carbocycles. The number of urea groups is 1. The number of nitrogens with zero attached hydrogens (tertiary/aromatic N) is 1. The zero-order valence-corrected chi connectivity index (χ0v) is 20.2. The van der Waals surface area contributed by atoms with Crippen molar-refractivity contribution in [1.82, 2.24) is 10.6 Å². The Morgan fingerprint density at radius 1 is 0.970 bits per heavy atom. The van der Waals surface area contributed by atoms with E-state index in [-0.39, 0.29) is 30.1 Å². The SMILES string of the molecule is CC(C)C[C@H](NC(=O)N1c2ccccc2NC(=O)[C@@H]1C(C)C)C(=O)N[C@H](CC(C)C)C(=O)O. The highest BCUT2D eigenvalue weighted by atomic mass is 16.4. The van der Waals surface area contributed by atoms with Crippen molar-refractivity contribution in [3.8, 4) is 0 Å². The molecule has 0 saturated heterocycles. The first kappa shape index (κ1) is 26.2. The lowest BCUT2D eigenvalue weighted by molar-refractivity contribution is -0.142. The fraction of sp³-hybridized carbons (Fsp3) is 0.583. The summed E-state index contributed by atoms with van der Waals surface area (Å²) in [6, 6.07) is 3.67. The minimum atomic E-state index is -1.12. The quantitative estimate of drug-likeness (QED) is 0.450. The van der Waals surface area contributed by atoms with Crippen LogP contribution in [0.25, 0.3) is 0 Å². The number of carboxylic acids is 1. The highest BCUT2D eigenvalue weighted by Crippen LogP contribution is 2.34. The molecule has 33 heavy (non-hydrogen) atoms. The van der Waals surface area contributed by atoms with Gasteiger partial charge in [0.2, 0.25) is 11.8 Å². The summed E-state index contributed by atoms with van der Waals surface area (Å²) in [5, 5.41) is 17.7. The minimum absolute atomic E-state index is 0.0623. The Morgan fingerprint density at radius 2 is 1.55 bits per heavy atom. The van der Waals surface area contributed by atoms with Crippen LogP contribution in [0.5, 0.6) is 0 Å². The molecule has 182 valence electrons. The molecular weight excluding hydrogens is 424 g/mol. The third-order valence-corrected chi connectivity index (χ3v) is 5.46. The van der Waals surface area contributed by atoms with Gasteiger partial charge in [-0.15, -0.1) is 0 Å². The summed E-state index contributed by atoms with van der Waals surface area (Å²) < 4.78 is 0. The van der Waals surface area contributed by atoms with E-state index in [2.05, 4.69) is 16.0 Å². The molecule has 4 amide bonds. The number of benzene rings is 1. The summed E-state index contributed by atoms with van der Waals surface area (Å²) in [4.78, 5) is 52.3. The average molecular weight is 461 g/mol. The number of carbonyl (C=O) groups excluding carboxylic acids is 3. The van der Waals surface area contributed by atoms with E-state index in [0.29, 0.717) is 17.8 Å². The van der Waals surface area contributed by atoms with Gasteiger partial charge in [-0.3, -0.25) is 14.5 Å². The lowest BCUT2D eigenvalue weighted by Gasteiger charge is -2.39. The minimum Gasteiger partial charge on any atom is -0.480 e. The number of fused-ring (bicyclic) bond motifs is 1. The summed E-state index contributed by atoms with van der Waals surface area (Å²) in [5.74, 6) is -2.02. The Labute approximate surface area is 195 Å².